The number of nitrogens with one attached hydrogen (secondary N) is 1. The van der Waals surface area contributed by atoms with E-state index in [9.17, 15) is 9.59 Å². The molecule has 22 heavy (non-hydrogen) atoms. The second-order valence-electron chi connectivity index (χ2n) is 4.90. The topological polar surface area (TPSA) is 55.4 Å². The number of ether oxygens (including phenoxy) is 1. The molecule has 0 aliphatic carbocycles. The maximum atomic E-state index is 11.9. The maximum absolute atomic E-state index is 11.9. The molecule has 2 aromatic rings. The van der Waals surface area contributed by atoms with Crippen LogP contribution in [0.2, 0.25) is 0 Å². The van der Waals surface area contributed by atoms with Crippen LogP contribution in [0.15, 0.2) is 42.5 Å². The first kappa shape index (κ1) is 16.5. The van der Waals surface area contributed by atoms with Gasteiger partial charge in [0.1, 0.15) is 5.75 Å². The monoisotopic (exact) mass is 409 g/mol. The van der Waals surface area contributed by atoms with Crippen molar-refractivity contribution in [3.05, 3.63) is 57.2 Å². The van der Waals surface area contributed by atoms with Gasteiger partial charge in [0.05, 0.1) is 5.56 Å². The van der Waals surface area contributed by atoms with Crippen molar-refractivity contribution >= 4 is 40.0 Å². The van der Waals surface area contributed by atoms with Gasteiger partial charge in [-0.05, 0) is 78.4 Å². The van der Waals surface area contributed by atoms with Gasteiger partial charge >= 0.3 is 0 Å². The zero-order chi connectivity index (χ0) is 16.1. The first-order chi connectivity index (χ1) is 10.5. The number of anilines is 1. The fourth-order valence-electron chi connectivity index (χ4n) is 1.91. The second-order valence-corrected chi connectivity index (χ2v) is 6.15. The summed E-state index contributed by atoms with van der Waals surface area (Å²) >= 11 is 2.20. The number of carbonyl (C=O) groups is 2. The number of hydrogen-bond acceptors (Lipinski definition) is 3. The van der Waals surface area contributed by atoms with Crippen LogP contribution in [0.25, 0.3) is 0 Å². The number of ketones is 1. The lowest BCUT2D eigenvalue weighted by Gasteiger charge is -2.11. The normalized spacial score (nSPS) is 10.1. The minimum atomic E-state index is -0.266. The number of Topliss-reactive ketones (excluding diaryl/α,β-unsaturated/α-hetero) is 1. The Hall–Kier alpha value is -1.89. The lowest BCUT2D eigenvalue weighted by molar-refractivity contribution is -0.118. The lowest BCUT2D eigenvalue weighted by Crippen LogP contribution is -2.20. The molecule has 0 aliphatic heterocycles. The third-order valence-electron chi connectivity index (χ3n) is 3.00. The highest BCUT2D eigenvalue weighted by Gasteiger charge is 2.11. The highest BCUT2D eigenvalue weighted by Crippen LogP contribution is 2.21. The van der Waals surface area contributed by atoms with Gasteiger partial charge in [-0.3, -0.25) is 9.59 Å². The van der Waals surface area contributed by atoms with E-state index in [-0.39, 0.29) is 18.3 Å². The van der Waals surface area contributed by atoms with Gasteiger partial charge in [-0.25, -0.2) is 0 Å². The first-order valence-electron chi connectivity index (χ1n) is 6.75. The van der Waals surface area contributed by atoms with E-state index >= 15 is 0 Å². The molecule has 0 unspecified atom stereocenters. The molecule has 0 aliphatic rings. The van der Waals surface area contributed by atoms with Crippen LogP contribution in [0, 0.1) is 10.5 Å². The van der Waals surface area contributed by atoms with Gasteiger partial charge in [0.15, 0.2) is 12.4 Å². The fraction of sp³-hybridized carbons (Fsp3) is 0.176. The summed E-state index contributed by atoms with van der Waals surface area (Å²) < 4.78 is 6.60. The van der Waals surface area contributed by atoms with Crippen molar-refractivity contribution in [3.8, 4) is 5.75 Å². The van der Waals surface area contributed by atoms with Crippen LogP contribution < -0.4 is 10.1 Å². The van der Waals surface area contributed by atoms with Gasteiger partial charge in [0.2, 0.25) is 0 Å². The largest absolute Gasteiger partial charge is 0.483 e. The molecule has 0 saturated carbocycles. The van der Waals surface area contributed by atoms with Gasteiger partial charge in [-0.1, -0.05) is 6.07 Å². The van der Waals surface area contributed by atoms with E-state index in [1.165, 1.54) is 6.92 Å². The minimum Gasteiger partial charge on any atom is -0.483 e. The Balaban J connectivity index is 2.00. The molecule has 0 saturated heterocycles. The van der Waals surface area contributed by atoms with Crippen LogP contribution in [-0.2, 0) is 4.79 Å². The zero-order valence-corrected chi connectivity index (χ0v) is 14.5. The van der Waals surface area contributed by atoms with E-state index in [0.29, 0.717) is 17.0 Å². The molecule has 2 rings (SSSR count). The highest BCUT2D eigenvalue weighted by atomic mass is 127. The second kappa shape index (κ2) is 7.40. The molecular formula is C17H16INO3. The molecule has 114 valence electrons. The fourth-order valence-corrected chi connectivity index (χ4v) is 2.27. The summed E-state index contributed by atoms with van der Waals surface area (Å²) in [7, 11) is 0. The summed E-state index contributed by atoms with van der Waals surface area (Å²) in [5.74, 6) is 0.0792. The Kier molecular flexibility index (Phi) is 5.54. The summed E-state index contributed by atoms with van der Waals surface area (Å²) in [6, 6.07) is 12.8. The van der Waals surface area contributed by atoms with Crippen LogP contribution in [0.5, 0.6) is 5.75 Å². The van der Waals surface area contributed by atoms with Crippen molar-refractivity contribution in [2.24, 2.45) is 0 Å². The molecule has 0 fully saturated rings. The van der Waals surface area contributed by atoms with Crippen LogP contribution >= 0.6 is 22.6 Å². The quantitative estimate of drug-likeness (QED) is 0.604. The molecule has 5 heteroatoms. The van der Waals surface area contributed by atoms with E-state index in [2.05, 4.69) is 27.9 Å². The Labute approximate surface area is 143 Å². The number of rotatable bonds is 5. The first-order valence-corrected chi connectivity index (χ1v) is 7.83. The number of benzene rings is 2. The molecule has 1 amide bonds. The Morgan fingerprint density at radius 2 is 1.82 bits per heavy atom. The SMILES string of the molecule is CC(=O)c1ccc(C)cc1OCC(=O)Nc1ccc(I)cc1. The Morgan fingerprint density at radius 1 is 1.14 bits per heavy atom. The maximum Gasteiger partial charge on any atom is 0.262 e. The van der Waals surface area contributed by atoms with Gasteiger partial charge in [0, 0.05) is 9.26 Å². The third-order valence-corrected chi connectivity index (χ3v) is 3.72. The van der Waals surface area contributed by atoms with Gasteiger partial charge in [-0.2, -0.15) is 0 Å². The Morgan fingerprint density at radius 3 is 2.45 bits per heavy atom. The van der Waals surface area contributed by atoms with Crippen molar-refractivity contribution in [2.45, 2.75) is 13.8 Å². The summed E-state index contributed by atoms with van der Waals surface area (Å²) in [6.07, 6.45) is 0. The summed E-state index contributed by atoms with van der Waals surface area (Å²) in [6.45, 7) is 3.24. The van der Waals surface area contributed by atoms with Crippen molar-refractivity contribution in [2.75, 3.05) is 11.9 Å². The molecule has 0 spiro atoms. The average molecular weight is 409 g/mol. The highest BCUT2D eigenvalue weighted by molar-refractivity contribution is 14.1. The molecule has 0 aromatic heterocycles. The van der Waals surface area contributed by atoms with Crippen LogP contribution in [0.4, 0.5) is 5.69 Å². The third kappa shape index (κ3) is 4.56. The van der Waals surface area contributed by atoms with E-state index in [4.69, 9.17) is 4.74 Å². The molecular weight excluding hydrogens is 393 g/mol. The van der Waals surface area contributed by atoms with Gasteiger partial charge in [-0.15, -0.1) is 0 Å². The molecule has 0 heterocycles. The average Bonchev–Trinajstić information content (AvgIpc) is 2.47. The molecule has 4 nitrogen and oxygen atoms in total. The summed E-state index contributed by atoms with van der Waals surface area (Å²) in [5, 5.41) is 2.75. The number of amides is 1. The Bertz CT molecular complexity index is 696. The number of halogens is 1. The van der Waals surface area contributed by atoms with Crippen molar-refractivity contribution in [3.63, 3.8) is 0 Å². The van der Waals surface area contributed by atoms with E-state index in [1.807, 2.05) is 37.3 Å². The van der Waals surface area contributed by atoms with E-state index < -0.39 is 0 Å². The van der Waals surface area contributed by atoms with Crippen molar-refractivity contribution < 1.29 is 14.3 Å². The van der Waals surface area contributed by atoms with E-state index in [1.54, 1.807) is 12.1 Å². The zero-order valence-electron chi connectivity index (χ0n) is 12.4. The van der Waals surface area contributed by atoms with Crippen molar-refractivity contribution in [1.29, 1.82) is 0 Å². The predicted octanol–water partition coefficient (Wildman–Crippen LogP) is 3.82. The van der Waals surface area contributed by atoms with Gasteiger partial charge < -0.3 is 10.1 Å². The minimum absolute atomic E-state index is 0.0898. The van der Waals surface area contributed by atoms with Crippen LogP contribution in [0.3, 0.4) is 0 Å². The molecule has 0 radical (unpaired) electrons. The molecule has 2 aromatic carbocycles. The van der Waals surface area contributed by atoms with Crippen molar-refractivity contribution in [1.82, 2.24) is 0 Å². The molecule has 0 atom stereocenters. The predicted molar refractivity (Wildman–Crippen MR) is 94.5 cm³/mol. The van der Waals surface area contributed by atoms with Crippen LogP contribution in [-0.4, -0.2) is 18.3 Å². The van der Waals surface area contributed by atoms with Crippen LogP contribution in [0.1, 0.15) is 22.8 Å². The molecule has 1 N–H and O–H groups in total. The molecule has 0 bridgehead atoms. The number of hydrogen-bond donors (Lipinski definition) is 1. The smallest absolute Gasteiger partial charge is 0.262 e. The lowest BCUT2D eigenvalue weighted by atomic mass is 10.1. The standard InChI is InChI=1S/C17H16INO3/c1-11-3-8-15(12(2)20)16(9-11)22-10-17(21)19-14-6-4-13(18)5-7-14/h3-9H,10H2,1-2H3,(H,19,21). The van der Waals surface area contributed by atoms with E-state index in [0.717, 1.165) is 9.13 Å². The summed E-state index contributed by atoms with van der Waals surface area (Å²) in [4.78, 5) is 23.5. The number of carbonyl (C=O) groups excluding carboxylic acids is 2. The summed E-state index contributed by atoms with van der Waals surface area (Å²) in [5.41, 5.74) is 2.16. The van der Waals surface area contributed by atoms with Gasteiger partial charge in [0.25, 0.3) is 5.91 Å². The number of aryl methyl sites for hydroxylation is 1.